The molecule has 7 nitrogen and oxygen atoms in total. The Balaban J connectivity index is 1.80. The van der Waals surface area contributed by atoms with Gasteiger partial charge in [0.25, 0.3) is 5.91 Å². The molecule has 0 spiro atoms. The molecule has 2 atom stereocenters. The summed E-state index contributed by atoms with van der Waals surface area (Å²) in [7, 11) is 0. The van der Waals surface area contributed by atoms with E-state index in [1.165, 1.54) is 0 Å². The van der Waals surface area contributed by atoms with Crippen molar-refractivity contribution in [2.45, 2.75) is 25.3 Å². The second kappa shape index (κ2) is 6.30. The van der Waals surface area contributed by atoms with Crippen molar-refractivity contribution < 1.29 is 9.59 Å². The van der Waals surface area contributed by atoms with Crippen LogP contribution >= 0.6 is 0 Å². The molecule has 1 amide bonds. The predicted molar refractivity (Wildman–Crippen MR) is 107 cm³/mol. The zero-order valence-electron chi connectivity index (χ0n) is 15.3. The van der Waals surface area contributed by atoms with E-state index in [-0.39, 0.29) is 23.6 Å². The van der Waals surface area contributed by atoms with Gasteiger partial charge in [-0.2, -0.15) is 0 Å². The molecule has 1 aromatic carbocycles. The van der Waals surface area contributed by atoms with Gasteiger partial charge >= 0.3 is 0 Å². The van der Waals surface area contributed by atoms with Gasteiger partial charge < -0.3 is 15.6 Å². The maximum absolute atomic E-state index is 12.4. The molecule has 0 saturated carbocycles. The quantitative estimate of drug-likeness (QED) is 0.450. The number of H-pyrrole nitrogens is 1. The number of carbonyl (C=O) groups is 2. The summed E-state index contributed by atoms with van der Waals surface area (Å²) < 4.78 is 0. The Morgan fingerprint density at radius 3 is 2.96 bits per heavy atom. The van der Waals surface area contributed by atoms with Crippen LogP contribution in [0.5, 0.6) is 0 Å². The van der Waals surface area contributed by atoms with Crippen LogP contribution in [0.2, 0.25) is 0 Å². The molecule has 2 aromatic heterocycles. The maximum atomic E-state index is 12.4. The molecule has 2 aliphatic rings. The SMILES string of the molecule is C[C@@H]1/C=C/C[C@H]2CNC(=O)c3cc([nH]c32)-c2cccc3nc(C=O)c(nc23)N1. The van der Waals surface area contributed by atoms with Crippen LogP contribution < -0.4 is 10.6 Å². The Morgan fingerprint density at radius 1 is 1.21 bits per heavy atom. The van der Waals surface area contributed by atoms with E-state index in [0.29, 0.717) is 29.0 Å². The Labute approximate surface area is 161 Å². The zero-order valence-corrected chi connectivity index (χ0v) is 15.3. The zero-order chi connectivity index (χ0) is 19.3. The van der Waals surface area contributed by atoms with E-state index in [1.807, 2.05) is 37.3 Å². The average Bonchev–Trinajstić information content (AvgIpc) is 3.14. The van der Waals surface area contributed by atoms with Crippen molar-refractivity contribution in [2.24, 2.45) is 0 Å². The lowest BCUT2D eigenvalue weighted by atomic mass is 9.94. The molecule has 3 N–H and O–H groups in total. The number of hydrogen-bond acceptors (Lipinski definition) is 5. The second-order valence-electron chi connectivity index (χ2n) is 7.26. The molecule has 4 heterocycles. The van der Waals surface area contributed by atoms with Crippen LogP contribution in [0.25, 0.3) is 22.3 Å². The van der Waals surface area contributed by atoms with Crippen LogP contribution in [0.1, 0.15) is 45.8 Å². The standard InChI is InChI=1S/C21H19N5O2/c1-11-4-2-5-12-9-22-21(28)14-8-16(25-18(12)14)13-6-3-7-15-19(13)26-20(23-11)17(10-27)24-15/h2-4,6-8,10-12,25H,5,9H2,1H3,(H,22,28)(H,23,26)/b4-2+/t11-,12+/m1/s1. The van der Waals surface area contributed by atoms with Crippen molar-refractivity contribution in [3.8, 4) is 11.3 Å². The number of benzene rings is 1. The Morgan fingerprint density at radius 2 is 2.11 bits per heavy atom. The van der Waals surface area contributed by atoms with Crippen LogP contribution in [-0.4, -0.2) is 39.7 Å². The minimum absolute atomic E-state index is 0.0191. The number of amides is 1. The molecular weight excluding hydrogens is 354 g/mol. The van der Waals surface area contributed by atoms with E-state index in [2.05, 4.69) is 26.7 Å². The topological polar surface area (TPSA) is 99.8 Å². The number of anilines is 1. The fourth-order valence-corrected chi connectivity index (χ4v) is 3.95. The van der Waals surface area contributed by atoms with Gasteiger partial charge in [-0.25, -0.2) is 9.97 Å². The van der Waals surface area contributed by atoms with Gasteiger partial charge in [0.1, 0.15) is 11.2 Å². The molecule has 4 bridgehead atoms. The van der Waals surface area contributed by atoms with Gasteiger partial charge in [-0.05, 0) is 25.5 Å². The highest BCUT2D eigenvalue weighted by Gasteiger charge is 2.28. The third kappa shape index (κ3) is 2.58. The smallest absolute Gasteiger partial charge is 0.253 e. The van der Waals surface area contributed by atoms with Crippen LogP contribution in [-0.2, 0) is 0 Å². The number of aromatic nitrogens is 3. The van der Waals surface area contributed by atoms with E-state index in [9.17, 15) is 9.59 Å². The number of fused-ring (bicyclic) bond motifs is 3. The molecule has 28 heavy (non-hydrogen) atoms. The molecule has 0 aliphatic carbocycles. The lowest BCUT2D eigenvalue weighted by Gasteiger charge is -2.22. The largest absolute Gasteiger partial charge is 0.362 e. The minimum Gasteiger partial charge on any atom is -0.362 e. The molecule has 0 fully saturated rings. The summed E-state index contributed by atoms with van der Waals surface area (Å²) in [5.41, 5.74) is 4.92. The van der Waals surface area contributed by atoms with Gasteiger partial charge in [-0.1, -0.05) is 24.3 Å². The van der Waals surface area contributed by atoms with Gasteiger partial charge in [0.2, 0.25) is 0 Å². The van der Waals surface area contributed by atoms with Gasteiger partial charge in [0.15, 0.2) is 12.1 Å². The third-order valence-corrected chi connectivity index (χ3v) is 5.34. The van der Waals surface area contributed by atoms with Crippen LogP contribution in [0, 0.1) is 0 Å². The summed E-state index contributed by atoms with van der Waals surface area (Å²) in [4.78, 5) is 36.6. The summed E-state index contributed by atoms with van der Waals surface area (Å²) in [5, 5.41) is 6.26. The van der Waals surface area contributed by atoms with Crippen molar-refractivity contribution >= 4 is 29.0 Å². The van der Waals surface area contributed by atoms with Gasteiger partial charge in [0.05, 0.1) is 11.1 Å². The first-order valence-electron chi connectivity index (χ1n) is 9.34. The molecule has 0 saturated heterocycles. The first-order chi connectivity index (χ1) is 13.6. The maximum Gasteiger partial charge on any atom is 0.253 e. The molecule has 0 radical (unpaired) electrons. The van der Waals surface area contributed by atoms with Crippen LogP contribution in [0.15, 0.2) is 36.4 Å². The average molecular weight is 373 g/mol. The first-order valence-corrected chi connectivity index (χ1v) is 9.34. The number of nitrogens with zero attached hydrogens (tertiary/aromatic N) is 2. The van der Waals surface area contributed by atoms with Crippen molar-refractivity contribution in [1.29, 1.82) is 0 Å². The fraction of sp³-hybridized carbons (Fsp3) is 0.238. The van der Waals surface area contributed by atoms with E-state index in [0.717, 1.165) is 29.7 Å². The lowest BCUT2D eigenvalue weighted by Crippen LogP contribution is -2.34. The Kier molecular flexibility index (Phi) is 3.75. The highest BCUT2D eigenvalue weighted by molar-refractivity contribution is 6.00. The molecule has 0 unspecified atom stereocenters. The van der Waals surface area contributed by atoms with Gasteiger partial charge in [-0.3, -0.25) is 9.59 Å². The minimum atomic E-state index is -0.0601. The van der Waals surface area contributed by atoms with Gasteiger partial charge in [-0.15, -0.1) is 0 Å². The molecule has 2 aliphatic heterocycles. The lowest BCUT2D eigenvalue weighted by molar-refractivity contribution is 0.0939. The third-order valence-electron chi connectivity index (χ3n) is 5.34. The van der Waals surface area contributed by atoms with E-state index < -0.39 is 0 Å². The fourth-order valence-electron chi connectivity index (χ4n) is 3.95. The van der Waals surface area contributed by atoms with Crippen LogP contribution in [0.4, 0.5) is 5.82 Å². The summed E-state index contributed by atoms with van der Waals surface area (Å²) in [6, 6.07) is 7.53. The number of aldehydes is 1. The molecule has 140 valence electrons. The molecular formula is C21H19N5O2. The number of allylic oxidation sites excluding steroid dienone is 1. The summed E-state index contributed by atoms with van der Waals surface area (Å²) in [6.07, 6.45) is 5.67. The van der Waals surface area contributed by atoms with Crippen molar-refractivity contribution in [1.82, 2.24) is 20.3 Å². The highest BCUT2D eigenvalue weighted by atomic mass is 16.1. The first kappa shape index (κ1) is 16.7. The number of para-hydroxylation sites is 1. The van der Waals surface area contributed by atoms with Crippen LogP contribution in [0.3, 0.4) is 0 Å². The van der Waals surface area contributed by atoms with Gasteiger partial charge in [0, 0.05) is 35.5 Å². The summed E-state index contributed by atoms with van der Waals surface area (Å²) in [5.74, 6) is 0.583. The predicted octanol–water partition coefficient (Wildman–Crippen LogP) is 3.02. The van der Waals surface area contributed by atoms with E-state index in [4.69, 9.17) is 4.98 Å². The number of rotatable bonds is 1. The highest BCUT2D eigenvalue weighted by Crippen LogP contribution is 2.34. The number of hydrogen-bond donors (Lipinski definition) is 3. The normalized spacial score (nSPS) is 21.8. The van der Waals surface area contributed by atoms with Crippen molar-refractivity contribution in [3.05, 3.63) is 53.4 Å². The van der Waals surface area contributed by atoms with E-state index in [1.54, 1.807) is 0 Å². The summed E-state index contributed by atoms with van der Waals surface area (Å²) >= 11 is 0. The van der Waals surface area contributed by atoms with Crippen molar-refractivity contribution in [2.75, 3.05) is 11.9 Å². The Hall–Kier alpha value is -3.48. The summed E-state index contributed by atoms with van der Waals surface area (Å²) in [6.45, 7) is 2.60. The number of nitrogens with one attached hydrogen (secondary N) is 3. The van der Waals surface area contributed by atoms with Crippen molar-refractivity contribution in [3.63, 3.8) is 0 Å². The molecule has 3 aromatic rings. The molecule has 7 heteroatoms. The van der Waals surface area contributed by atoms with E-state index >= 15 is 0 Å². The monoisotopic (exact) mass is 373 g/mol. The Bertz CT molecular complexity index is 1150. The number of carbonyl (C=O) groups excluding carboxylic acids is 2. The number of aromatic amines is 1. The molecule has 5 rings (SSSR count). The second-order valence-corrected chi connectivity index (χ2v) is 7.26.